The van der Waals surface area contributed by atoms with E-state index < -0.39 is 0 Å². The summed E-state index contributed by atoms with van der Waals surface area (Å²) in [5, 5.41) is 9.03. The second-order valence-electron chi connectivity index (χ2n) is 3.95. The number of thioether (sulfide) groups is 1. The number of rotatable bonds is 1. The van der Waals surface area contributed by atoms with Crippen molar-refractivity contribution in [2.45, 2.75) is 11.1 Å². The molecule has 0 N–H and O–H groups in total. The molecule has 17 heavy (non-hydrogen) atoms. The van der Waals surface area contributed by atoms with Crippen LogP contribution in [0, 0.1) is 17.1 Å². The lowest BCUT2D eigenvalue weighted by Gasteiger charge is -2.12. The van der Waals surface area contributed by atoms with Crippen LogP contribution in [0.2, 0.25) is 0 Å². The summed E-state index contributed by atoms with van der Waals surface area (Å²) >= 11 is 1.79. The Hall–Kier alpha value is -1.73. The van der Waals surface area contributed by atoms with E-state index >= 15 is 0 Å². The summed E-state index contributed by atoms with van der Waals surface area (Å²) < 4.78 is 15.0. The van der Waals surface area contributed by atoms with Crippen LogP contribution in [0.25, 0.3) is 0 Å². The molecule has 1 aromatic heterocycles. The van der Waals surface area contributed by atoms with Gasteiger partial charge < -0.3 is 4.57 Å². The van der Waals surface area contributed by atoms with Gasteiger partial charge in [-0.05, 0) is 23.8 Å². The Morgan fingerprint density at radius 1 is 1.35 bits per heavy atom. The highest BCUT2D eigenvalue weighted by Gasteiger charge is 2.24. The first-order chi connectivity index (χ1) is 8.28. The fourth-order valence-corrected chi connectivity index (χ4v) is 3.32. The van der Waals surface area contributed by atoms with Gasteiger partial charge in [-0.3, -0.25) is 0 Å². The maximum absolute atomic E-state index is 12.9. The lowest BCUT2D eigenvalue weighted by Crippen LogP contribution is -2.01. The average Bonchev–Trinajstić information content (AvgIpc) is 2.89. The number of hydrogen-bond acceptors (Lipinski definition) is 2. The monoisotopic (exact) mass is 244 g/mol. The molecule has 1 aliphatic heterocycles. The van der Waals surface area contributed by atoms with Crippen LogP contribution >= 0.6 is 11.8 Å². The van der Waals surface area contributed by atoms with Crippen molar-refractivity contribution in [3.05, 3.63) is 59.2 Å². The maximum Gasteiger partial charge on any atom is 0.123 e. The largest absolute Gasteiger partial charge is 0.333 e. The number of aromatic nitrogens is 1. The summed E-state index contributed by atoms with van der Waals surface area (Å²) in [7, 11) is 0. The van der Waals surface area contributed by atoms with Crippen LogP contribution in [0.4, 0.5) is 4.39 Å². The Labute approximate surface area is 103 Å². The van der Waals surface area contributed by atoms with Crippen LogP contribution in [0.15, 0.2) is 36.5 Å². The highest BCUT2D eigenvalue weighted by atomic mass is 32.2. The van der Waals surface area contributed by atoms with Gasteiger partial charge in [-0.1, -0.05) is 12.1 Å². The van der Waals surface area contributed by atoms with Crippen LogP contribution in [0.5, 0.6) is 0 Å². The van der Waals surface area contributed by atoms with Gasteiger partial charge in [0.25, 0.3) is 0 Å². The third-order valence-electron chi connectivity index (χ3n) is 2.86. The Bertz CT molecular complexity index is 595. The summed E-state index contributed by atoms with van der Waals surface area (Å²) in [5.41, 5.74) is 2.91. The van der Waals surface area contributed by atoms with E-state index in [1.807, 2.05) is 12.3 Å². The molecule has 1 aliphatic rings. The van der Waals surface area contributed by atoms with E-state index in [1.54, 1.807) is 23.9 Å². The first kappa shape index (κ1) is 10.4. The Morgan fingerprint density at radius 2 is 2.12 bits per heavy atom. The Kier molecular flexibility index (Phi) is 2.41. The van der Waals surface area contributed by atoms with Gasteiger partial charge in [-0.2, -0.15) is 5.26 Å². The molecule has 0 aliphatic carbocycles. The second-order valence-corrected chi connectivity index (χ2v) is 5.02. The standard InChI is InChI=1S/C13H9FN2S/c14-11-3-1-10(2-4-11)13-16-7-9(6-15)5-12(16)8-17-13/h1-5,7,13H,8H2. The molecular formula is C13H9FN2S. The molecule has 1 unspecified atom stereocenters. The zero-order chi connectivity index (χ0) is 11.8. The molecule has 2 aromatic rings. The number of benzene rings is 1. The predicted molar refractivity (Wildman–Crippen MR) is 65.0 cm³/mol. The maximum atomic E-state index is 12.9. The van der Waals surface area contributed by atoms with Crippen molar-refractivity contribution < 1.29 is 4.39 Å². The highest BCUT2D eigenvalue weighted by molar-refractivity contribution is 7.99. The van der Waals surface area contributed by atoms with Gasteiger partial charge in [0.15, 0.2) is 0 Å². The van der Waals surface area contributed by atoms with E-state index in [2.05, 4.69) is 10.6 Å². The van der Waals surface area contributed by atoms with E-state index in [-0.39, 0.29) is 11.2 Å². The van der Waals surface area contributed by atoms with Crippen molar-refractivity contribution in [2.75, 3.05) is 0 Å². The SMILES string of the molecule is N#Cc1cc2n(c1)C(c1ccc(F)cc1)SC2. The van der Waals surface area contributed by atoms with E-state index in [1.165, 1.54) is 12.1 Å². The lowest BCUT2D eigenvalue weighted by molar-refractivity contribution is 0.626. The molecule has 84 valence electrons. The van der Waals surface area contributed by atoms with Gasteiger partial charge in [0.1, 0.15) is 17.3 Å². The zero-order valence-electron chi connectivity index (χ0n) is 8.93. The molecule has 2 nitrogen and oxygen atoms in total. The van der Waals surface area contributed by atoms with Gasteiger partial charge in [-0.25, -0.2) is 4.39 Å². The minimum absolute atomic E-state index is 0.160. The molecule has 3 rings (SSSR count). The molecule has 0 radical (unpaired) electrons. The van der Waals surface area contributed by atoms with Crippen molar-refractivity contribution in [3.63, 3.8) is 0 Å². The van der Waals surface area contributed by atoms with Crippen molar-refractivity contribution in [2.24, 2.45) is 0 Å². The van der Waals surface area contributed by atoms with Crippen molar-refractivity contribution in [1.29, 1.82) is 5.26 Å². The molecule has 4 heteroatoms. The predicted octanol–water partition coefficient (Wildman–Crippen LogP) is 3.29. The zero-order valence-corrected chi connectivity index (χ0v) is 9.75. The topological polar surface area (TPSA) is 28.7 Å². The lowest BCUT2D eigenvalue weighted by atomic mass is 10.2. The van der Waals surface area contributed by atoms with Gasteiger partial charge in [0, 0.05) is 17.6 Å². The second kappa shape index (κ2) is 3.94. The summed E-state index contributed by atoms with van der Waals surface area (Å²) in [5.74, 6) is 0.672. The number of halogens is 1. The Morgan fingerprint density at radius 3 is 2.82 bits per heavy atom. The summed E-state index contributed by atoms with van der Waals surface area (Å²) in [6.45, 7) is 0. The van der Waals surface area contributed by atoms with Crippen molar-refractivity contribution >= 4 is 11.8 Å². The minimum Gasteiger partial charge on any atom is -0.333 e. The van der Waals surface area contributed by atoms with E-state index in [4.69, 9.17) is 5.26 Å². The van der Waals surface area contributed by atoms with Crippen LogP contribution in [0.3, 0.4) is 0 Å². The molecule has 0 saturated heterocycles. The van der Waals surface area contributed by atoms with Gasteiger partial charge in [-0.15, -0.1) is 11.8 Å². The fraction of sp³-hybridized carbons (Fsp3) is 0.154. The molecule has 0 amide bonds. The van der Waals surface area contributed by atoms with Crippen LogP contribution in [0.1, 0.15) is 22.2 Å². The summed E-state index contributed by atoms with van der Waals surface area (Å²) in [6, 6.07) is 10.6. The molecule has 0 spiro atoms. The first-order valence-corrected chi connectivity index (χ1v) is 6.31. The summed E-state index contributed by atoms with van der Waals surface area (Å²) in [4.78, 5) is 0. The first-order valence-electron chi connectivity index (χ1n) is 5.26. The van der Waals surface area contributed by atoms with E-state index in [0.717, 1.165) is 17.0 Å². The average molecular weight is 244 g/mol. The molecule has 0 saturated carbocycles. The van der Waals surface area contributed by atoms with E-state index in [9.17, 15) is 4.39 Å². The molecule has 0 fully saturated rings. The van der Waals surface area contributed by atoms with Crippen LogP contribution in [-0.4, -0.2) is 4.57 Å². The molecular weight excluding hydrogens is 235 g/mol. The normalized spacial score (nSPS) is 17.8. The number of hydrogen-bond donors (Lipinski definition) is 0. The quantitative estimate of drug-likeness (QED) is 0.770. The molecule has 0 bridgehead atoms. The number of nitriles is 1. The van der Waals surface area contributed by atoms with Gasteiger partial charge in [0.05, 0.1) is 5.56 Å². The number of nitrogens with zero attached hydrogens (tertiary/aromatic N) is 2. The smallest absolute Gasteiger partial charge is 0.123 e. The van der Waals surface area contributed by atoms with Crippen LogP contribution in [-0.2, 0) is 5.75 Å². The van der Waals surface area contributed by atoms with Gasteiger partial charge >= 0.3 is 0 Å². The number of fused-ring (bicyclic) bond motifs is 1. The van der Waals surface area contributed by atoms with Crippen molar-refractivity contribution in [1.82, 2.24) is 4.57 Å². The van der Waals surface area contributed by atoms with Crippen LogP contribution < -0.4 is 0 Å². The molecule has 2 heterocycles. The molecule has 1 atom stereocenters. The van der Waals surface area contributed by atoms with Crippen molar-refractivity contribution in [3.8, 4) is 6.07 Å². The fourth-order valence-electron chi connectivity index (χ4n) is 2.05. The van der Waals surface area contributed by atoms with Gasteiger partial charge in [0.2, 0.25) is 0 Å². The summed E-state index contributed by atoms with van der Waals surface area (Å²) in [6.07, 6.45) is 1.86. The van der Waals surface area contributed by atoms with E-state index in [0.29, 0.717) is 5.56 Å². The third kappa shape index (κ3) is 1.73. The molecule has 1 aromatic carbocycles. The minimum atomic E-state index is -0.220. The highest BCUT2D eigenvalue weighted by Crippen LogP contribution is 2.41. The Balaban J connectivity index is 2.00. The third-order valence-corrected chi connectivity index (χ3v) is 4.14.